The van der Waals surface area contributed by atoms with E-state index >= 15 is 0 Å². The van der Waals surface area contributed by atoms with Crippen molar-refractivity contribution in [3.8, 4) is 0 Å². The number of carbonyl (C=O) groups is 1. The molecule has 7 heteroatoms. The molecule has 0 saturated carbocycles. The van der Waals surface area contributed by atoms with Crippen molar-refractivity contribution in [2.45, 2.75) is 32.7 Å². The van der Waals surface area contributed by atoms with Crippen molar-refractivity contribution < 1.29 is 14.3 Å². The molecule has 1 aliphatic rings. The van der Waals surface area contributed by atoms with E-state index in [1.54, 1.807) is 7.11 Å². The average Bonchev–Trinajstić information content (AvgIpc) is 3.16. The Morgan fingerprint density at radius 3 is 2.75 bits per heavy atom. The van der Waals surface area contributed by atoms with Crippen LogP contribution < -0.4 is 10.6 Å². The maximum atomic E-state index is 11.7. The number of rotatable bonds is 10. The van der Waals surface area contributed by atoms with Crippen molar-refractivity contribution in [3.05, 3.63) is 29.8 Å². The SMILES string of the molecule is CCCC(=O)Nc1ccc(CNC(=NC)N2CCC(COCCOC)C2)cc1. The third kappa shape index (κ3) is 7.48. The van der Waals surface area contributed by atoms with Crippen LogP contribution in [0.3, 0.4) is 0 Å². The van der Waals surface area contributed by atoms with Crippen LogP contribution in [-0.4, -0.2) is 63.8 Å². The lowest BCUT2D eigenvalue weighted by Crippen LogP contribution is -2.39. The quantitative estimate of drug-likeness (QED) is 0.365. The van der Waals surface area contributed by atoms with Gasteiger partial charge in [-0.2, -0.15) is 0 Å². The molecule has 0 bridgehead atoms. The standard InChI is InChI=1S/C21H34N4O3/c1-4-5-20(26)24-19-8-6-17(7-9-19)14-23-21(22-2)25-11-10-18(15-25)16-28-13-12-27-3/h6-9,18H,4-5,10-16H2,1-3H3,(H,22,23)(H,24,26). The highest BCUT2D eigenvalue weighted by molar-refractivity contribution is 5.90. The number of benzene rings is 1. The number of amides is 1. The van der Waals surface area contributed by atoms with Crippen molar-refractivity contribution in [3.63, 3.8) is 0 Å². The lowest BCUT2D eigenvalue weighted by Gasteiger charge is -2.22. The summed E-state index contributed by atoms with van der Waals surface area (Å²) >= 11 is 0. The predicted molar refractivity (Wildman–Crippen MR) is 113 cm³/mol. The molecule has 0 aromatic heterocycles. The van der Waals surface area contributed by atoms with Gasteiger partial charge in [0.2, 0.25) is 5.91 Å². The van der Waals surface area contributed by atoms with Gasteiger partial charge in [-0.3, -0.25) is 9.79 Å². The van der Waals surface area contributed by atoms with Gasteiger partial charge in [0.1, 0.15) is 0 Å². The third-order valence-electron chi connectivity index (χ3n) is 4.75. The van der Waals surface area contributed by atoms with Crippen LogP contribution in [0.15, 0.2) is 29.3 Å². The van der Waals surface area contributed by atoms with Crippen LogP contribution in [0.4, 0.5) is 5.69 Å². The Bertz CT molecular complexity index is 619. The monoisotopic (exact) mass is 390 g/mol. The van der Waals surface area contributed by atoms with E-state index in [1.165, 1.54) is 0 Å². The first-order chi connectivity index (χ1) is 13.7. The van der Waals surface area contributed by atoms with Gasteiger partial charge in [-0.25, -0.2) is 0 Å². The number of ether oxygens (including phenoxy) is 2. The molecule has 156 valence electrons. The smallest absolute Gasteiger partial charge is 0.224 e. The summed E-state index contributed by atoms with van der Waals surface area (Å²) in [6.07, 6.45) is 2.51. The zero-order valence-electron chi connectivity index (χ0n) is 17.4. The van der Waals surface area contributed by atoms with Crippen molar-refractivity contribution >= 4 is 17.6 Å². The zero-order valence-corrected chi connectivity index (χ0v) is 17.4. The summed E-state index contributed by atoms with van der Waals surface area (Å²) in [7, 11) is 3.50. The summed E-state index contributed by atoms with van der Waals surface area (Å²) < 4.78 is 10.7. The number of aliphatic imine (C=N–C) groups is 1. The van der Waals surface area contributed by atoms with Crippen LogP contribution in [0, 0.1) is 5.92 Å². The molecule has 2 N–H and O–H groups in total. The molecule has 1 aromatic carbocycles. The molecule has 1 heterocycles. The minimum Gasteiger partial charge on any atom is -0.382 e. The number of hydrogen-bond acceptors (Lipinski definition) is 4. The fourth-order valence-electron chi connectivity index (χ4n) is 3.22. The molecule has 7 nitrogen and oxygen atoms in total. The summed E-state index contributed by atoms with van der Waals surface area (Å²) in [6.45, 7) is 6.69. The number of guanidine groups is 1. The Labute approximate surface area is 168 Å². The van der Waals surface area contributed by atoms with E-state index in [2.05, 4.69) is 20.5 Å². The van der Waals surface area contributed by atoms with Gasteiger partial charge in [-0.15, -0.1) is 0 Å². The van der Waals surface area contributed by atoms with Gasteiger partial charge in [-0.1, -0.05) is 19.1 Å². The van der Waals surface area contributed by atoms with Crippen molar-refractivity contribution in [1.29, 1.82) is 0 Å². The largest absolute Gasteiger partial charge is 0.382 e. The first-order valence-electron chi connectivity index (χ1n) is 10.1. The Kier molecular flexibility index (Phi) is 9.79. The summed E-state index contributed by atoms with van der Waals surface area (Å²) in [4.78, 5) is 18.4. The van der Waals surface area contributed by atoms with Crippen molar-refractivity contribution in [2.75, 3.05) is 52.4 Å². The summed E-state index contributed by atoms with van der Waals surface area (Å²) in [5.41, 5.74) is 1.98. The number of anilines is 1. The Hall–Kier alpha value is -2.12. The first-order valence-corrected chi connectivity index (χ1v) is 10.1. The van der Waals surface area contributed by atoms with E-state index < -0.39 is 0 Å². The molecule has 1 unspecified atom stereocenters. The van der Waals surface area contributed by atoms with Gasteiger partial charge in [0, 0.05) is 51.8 Å². The van der Waals surface area contributed by atoms with Gasteiger partial charge in [0.15, 0.2) is 5.96 Å². The molecule has 1 atom stereocenters. The van der Waals surface area contributed by atoms with Crippen LogP contribution in [0.2, 0.25) is 0 Å². The van der Waals surface area contributed by atoms with Gasteiger partial charge in [-0.05, 0) is 30.5 Å². The minimum atomic E-state index is 0.0589. The summed E-state index contributed by atoms with van der Waals surface area (Å²) in [5.74, 6) is 1.50. The van der Waals surface area contributed by atoms with Crippen molar-refractivity contribution in [1.82, 2.24) is 10.2 Å². The average molecular weight is 391 g/mol. The predicted octanol–water partition coefficient (Wildman–Crippen LogP) is 2.49. The van der Waals surface area contributed by atoms with E-state index in [0.717, 1.165) is 49.7 Å². The molecule has 1 aromatic rings. The fraction of sp³-hybridized carbons (Fsp3) is 0.619. The second kappa shape index (κ2) is 12.4. The normalized spacial score (nSPS) is 17.0. The highest BCUT2D eigenvalue weighted by atomic mass is 16.5. The molecular formula is C21H34N4O3. The molecule has 1 fully saturated rings. The van der Waals surface area contributed by atoms with Gasteiger partial charge < -0.3 is 25.0 Å². The number of nitrogens with one attached hydrogen (secondary N) is 2. The Balaban J connectivity index is 1.75. The Morgan fingerprint density at radius 2 is 2.07 bits per heavy atom. The molecule has 0 spiro atoms. The fourth-order valence-corrected chi connectivity index (χ4v) is 3.22. The van der Waals surface area contributed by atoms with Gasteiger partial charge in [0.05, 0.1) is 19.8 Å². The molecule has 2 rings (SSSR count). The van der Waals surface area contributed by atoms with Crippen molar-refractivity contribution in [2.24, 2.45) is 10.9 Å². The second-order valence-corrected chi connectivity index (χ2v) is 7.06. The minimum absolute atomic E-state index is 0.0589. The summed E-state index contributed by atoms with van der Waals surface area (Å²) in [5, 5.41) is 6.34. The second-order valence-electron chi connectivity index (χ2n) is 7.06. The zero-order chi connectivity index (χ0) is 20.2. The van der Waals surface area contributed by atoms with E-state index in [-0.39, 0.29) is 5.91 Å². The number of methoxy groups -OCH3 is 1. The van der Waals surface area contributed by atoms with Crippen LogP contribution >= 0.6 is 0 Å². The molecule has 1 amide bonds. The number of likely N-dealkylation sites (tertiary alicyclic amines) is 1. The van der Waals surface area contributed by atoms with E-state index in [4.69, 9.17) is 9.47 Å². The Morgan fingerprint density at radius 1 is 1.29 bits per heavy atom. The molecular weight excluding hydrogens is 356 g/mol. The molecule has 1 aliphatic heterocycles. The van der Waals surface area contributed by atoms with E-state index in [0.29, 0.717) is 32.1 Å². The highest BCUT2D eigenvalue weighted by Gasteiger charge is 2.24. The lowest BCUT2D eigenvalue weighted by molar-refractivity contribution is -0.116. The van der Waals surface area contributed by atoms with E-state index in [9.17, 15) is 4.79 Å². The van der Waals surface area contributed by atoms with Gasteiger partial charge in [0.25, 0.3) is 0 Å². The molecule has 1 saturated heterocycles. The topological polar surface area (TPSA) is 75.2 Å². The lowest BCUT2D eigenvalue weighted by atomic mass is 10.1. The maximum absolute atomic E-state index is 11.7. The third-order valence-corrected chi connectivity index (χ3v) is 4.75. The van der Waals surface area contributed by atoms with Crippen LogP contribution in [-0.2, 0) is 20.8 Å². The summed E-state index contributed by atoms with van der Waals surface area (Å²) in [6, 6.07) is 7.93. The molecule has 0 aliphatic carbocycles. The molecule has 28 heavy (non-hydrogen) atoms. The van der Waals surface area contributed by atoms with Gasteiger partial charge >= 0.3 is 0 Å². The van der Waals surface area contributed by atoms with Crippen LogP contribution in [0.1, 0.15) is 31.7 Å². The number of hydrogen-bond donors (Lipinski definition) is 2. The maximum Gasteiger partial charge on any atom is 0.224 e. The number of carbonyl (C=O) groups excluding carboxylic acids is 1. The van der Waals surface area contributed by atoms with E-state index in [1.807, 2.05) is 38.2 Å². The first kappa shape index (κ1) is 22.2. The van der Waals surface area contributed by atoms with Crippen LogP contribution in [0.5, 0.6) is 0 Å². The van der Waals surface area contributed by atoms with Crippen LogP contribution in [0.25, 0.3) is 0 Å². The number of nitrogens with zero attached hydrogens (tertiary/aromatic N) is 2. The highest BCUT2D eigenvalue weighted by Crippen LogP contribution is 2.17. The molecule has 0 radical (unpaired) electrons.